The van der Waals surface area contributed by atoms with Gasteiger partial charge in [0.05, 0.1) is 24.2 Å². The Balaban J connectivity index is 1.46. The molecule has 0 aromatic carbocycles. The molecule has 4 rings (SSSR count). The van der Waals surface area contributed by atoms with Crippen molar-refractivity contribution in [1.29, 1.82) is 0 Å². The molecule has 0 aliphatic heterocycles. The number of thiophene rings is 1. The Labute approximate surface area is 182 Å². The normalized spacial score (nSPS) is 12.7. The average molecular weight is 447 g/mol. The van der Waals surface area contributed by atoms with Gasteiger partial charge in [-0.1, -0.05) is 11.8 Å². The van der Waals surface area contributed by atoms with Gasteiger partial charge in [-0.05, 0) is 50.8 Å². The van der Waals surface area contributed by atoms with E-state index in [1.807, 2.05) is 17.6 Å². The topological polar surface area (TPSA) is 99.2 Å². The van der Waals surface area contributed by atoms with Crippen LogP contribution in [0.5, 0.6) is 0 Å². The molecular weight excluding hydrogens is 424 g/mol. The Hall–Kier alpha value is -2.59. The minimum absolute atomic E-state index is 0.154. The summed E-state index contributed by atoms with van der Waals surface area (Å²) in [4.78, 5) is 26.2. The van der Waals surface area contributed by atoms with Crippen molar-refractivity contribution in [3.8, 4) is 11.6 Å². The van der Waals surface area contributed by atoms with E-state index in [-0.39, 0.29) is 17.6 Å². The number of aromatic nitrogens is 3. The molecule has 30 heavy (non-hydrogen) atoms. The molecule has 10 heteroatoms. The highest BCUT2D eigenvalue weighted by atomic mass is 32.2. The van der Waals surface area contributed by atoms with Gasteiger partial charge in [-0.2, -0.15) is 0 Å². The van der Waals surface area contributed by atoms with Gasteiger partial charge < -0.3 is 14.5 Å². The van der Waals surface area contributed by atoms with E-state index in [2.05, 4.69) is 15.5 Å². The second-order valence-electron chi connectivity index (χ2n) is 6.65. The third-order valence-electron chi connectivity index (χ3n) is 4.76. The first-order valence-electron chi connectivity index (χ1n) is 9.83. The van der Waals surface area contributed by atoms with Crippen LogP contribution in [-0.4, -0.2) is 39.0 Å². The zero-order chi connectivity index (χ0) is 21.1. The Morgan fingerprint density at radius 2 is 2.20 bits per heavy atom. The van der Waals surface area contributed by atoms with Gasteiger partial charge in [-0.15, -0.1) is 21.5 Å². The SMILES string of the molecule is CCOC(=O)c1c(NC(=O)CSc2nnc(-c3ccco3)n2CC)sc2c1CCC2. The molecule has 0 fully saturated rings. The molecule has 8 nitrogen and oxygen atoms in total. The van der Waals surface area contributed by atoms with Crippen molar-refractivity contribution in [1.82, 2.24) is 14.8 Å². The van der Waals surface area contributed by atoms with Crippen molar-refractivity contribution >= 4 is 40.0 Å². The van der Waals surface area contributed by atoms with Crippen LogP contribution in [0.15, 0.2) is 28.0 Å². The number of nitrogens with zero attached hydrogens (tertiary/aromatic N) is 3. The van der Waals surface area contributed by atoms with Crippen LogP contribution in [0.4, 0.5) is 5.00 Å². The Morgan fingerprint density at radius 3 is 2.93 bits per heavy atom. The van der Waals surface area contributed by atoms with Gasteiger partial charge in [0.2, 0.25) is 5.91 Å². The first-order valence-corrected chi connectivity index (χ1v) is 11.6. The van der Waals surface area contributed by atoms with Crippen LogP contribution in [0.25, 0.3) is 11.6 Å². The molecule has 1 aliphatic carbocycles. The van der Waals surface area contributed by atoms with Crippen LogP contribution >= 0.6 is 23.1 Å². The number of aryl methyl sites for hydroxylation is 1. The summed E-state index contributed by atoms with van der Waals surface area (Å²) in [7, 11) is 0. The van der Waals surface area contributed by atoms with E-state index in [9.17, 15) is 9.59 Å². The number of furan rings is 1. The molecule has 3 heterocycles. The number of thioether (sulfide) groups is 1. The Kier molecular flexibility index (Phi) is 6.24. The van der Waals surface area contributed by atoms with Gasteiger partial charge in [0.1, 0.15) is 5.00 Å². The van der Waals surface area contributed by atoms with Crippen molar-refractivity contribution in [2.24, 2.45) is 0 Å². The summed E-state index contributed by atoms with van der Waals surface area (Å²) >= 11 is 2.77. The molecule has 0 radical (unpaired) electrons. The first kappa shape index (κ1) is 20.7. The summed E-state index contributed by atoms with van der Waals surface area (Å²) in [5.41, 5.74) is 1.54. The number of nitrogens with one attached hydrogen (secondary N) is 1. The average Bonchev–Trinajstić information content (AvgIpc) is 3.49. The monoisotopic (exact) mass is 446 g/mol. The van der Waals surface area contributed by atoms with Gasteiger partial charge in [0.15, 0.2) is 16.7 Å². The largest absolute Gasteiger partial charge is 0.462 e. The van der Waals surface area contributed by atoms with Gasteiger partial charge in [-0.3, -0.25) is 9.36 Å². The smallest absolute Gasteiger partial charge is 0.341 e. The van der Waals surface area contributed by atoms with E-state index in [1.165, 1.54) is 23.1 Å². The van der Waals surface area contributed by atoms with Crippen molar-refractivity contribution in [2.75, 3.05) is 17.7 Å². The number of anilines is 1. The van der Waals surface area contributed by atoms with E-state index < -0.39 is 0 Å². The van der Waals surface area contributed by atoms with Crippen LogP contribution in [-0.2, 0) is 28.9 Å². The molecule has 3 aromatic heterocycles. The van der Waals surface area contributed by atoms with Crippen molar-refractivity contribution < 1.29 is 18.7 Å². The highest BCUT2D eigenvalue weighted by Gasteiger charge is 2.28. The summed E-state index contributed by atoms with van der Waals surface area (Å²) in [5, 5.41) is 12.5. The molecule has 0 saturated heterocycles. The zero-order valence-corrected chi connectivity index (χ0v) is 18.4. The molecule has 0 atom stereocenters. The lowest BCUT2D eigenvalue weighted by atomic mass is 10.1. The summed E-state index contributed by atoms with van der Waals surface area (Å²) in [6, 6.07) is 3.62. The standard InChI is InChI=1S/C20H22N4O4S2/c1-3-24-17(13-8-6-10-28-13)22-23-20(24)29-11-15(25)21-18-16(19(26)27-4-2)12-7-5-9-14(12)30-18/h6,8,10H,3-5,7,9,11H2,1-2H3,(H,21,25). The fourth-order valence-electron chi connectivity index (χ4n) is 3.47. The number of rotatable bonds is 8. The number of fused-ring (bicyclic) bond motifs is 1. The van der Waals surface area contributed by atoms with E-state index >= 15 is 0 Å². The molecule has 3 aromatic rings. The quantitative estimate of drug-likeness (QED) is 0.412. The number of carbonyl (C=O) groups excluding carboxylic acids is 2. The second-order valence-corrected chi connectivity index (χ2v) is 8.69. The maximum absolute atomic E-state index is 12.6. The van der Waals surface area contributed by atoms with E-state index in [0.717, 1.165) is 29.7 Å². The molecule has 1 amide bonds. The number of hydrogen-bond donors (Lipinski definition) is 1. The number of amides is 1. The molecule has 158 valence electrons. The predicted octanol–water partition coefficient (Wildman–Crippen LogP) is 4.02. The summed E-state index contributed by atoms with van der Waals surface area (Å²) in [6.07, 6.45) is 4.40. The molecule has 0 bridgehead atoms. The van der Waals surface area contributed by atoms with Crippen LogP contribution in [0.1, 0.15) is 41.1 Å². The Morgan fingerprint density at radius 1 is 1.33 bits per heavy atom. The lowest BCUT2D eigenvalue weighted by Gasteiger charge is -2.08. The minimum atomic E-state index is -0.367. The van der Waals surface area contributed by atoms with Crippen LogP contribution in [0, 0.1) is 0 Å². The van der Waals surface area contributed by atoms with Crippen molar-refractivity contribution in [2.45, 2.75) is 44.8 Å². The Bertz CT molecular complexity index is 1060. The fraction of sp³-hybridized carbons (Fsp3) is 0.400. The van der Waals surface area contributed by atoms with Crippen molar-refractivity contribution in [3.05, 3.63) is 34.4 Å². The predicted molar refractivity (Wildman–Crippen MR) is 115 cm³/mol. The molecule has 0 spiro atoms. The molecule has 1 N–H and O–H groups in total. The van der Waals surface area contributed by atoms with Gasteiger partial charge >= 0.3 is 5.97 Å². The van der Waals surface area contributed by atoms with Crippen LogP contribution in [0.3, 0.4) is 0 Å². The van der Waals surface area contributed by atoms with Crippen LogP contribution < -0.4 is 5.32 Å². The third-order valence-corrected chi connectivity index (χ3v) is 6.93. The number of ether oxygens (including phenoxy) is 1. The second kappa shape index (κ2) is 9.05. The summed E-state index contributed by atoms with van der Waals surface area (Å²) in [6.45, 7) is 4.72. The fourth-order valence-corrected chi connectivity index (χ4v) is 5.57. The lowest BCUT2D eigenvalue weighted by Crippen LogP contribution is -2.17. The zero-order valence-electron chi connectivity index (χ0n) is 16.8. The van der Waals surface area contributed by atoms with Gasteiger partial charge in [0.25, 0.3) is 0 Å². The van der Waals surface area contributed by atoms with Gasteiger partial charge in [0, 0.05) is 11.4 Å². The number of carbonyl (C=O) groups is 2. The van der Waals surface area contributed by atoms with E-state index in [0.29, 0.717) is 40.5 Å². The van der Waals surface area contributed by atoms with Crippen LogP contribution in [0.2, 0.25) is 0 Å². The molecule has 1 aliphatic rings. The van der Waals surface area contributed by atoms with Gasteiger partial charge in [-0.25, -0.2) is 4.79 Å². The highest BCUT2D eigenvalue weighted by Crippen LogP contribution is 2.39. The van der Waals surface area contributed by atoms with Crippen molar-refractivity contribution in [3.63, 3.8) is 0 Å². The minimum Gasteiger partial charge on any atom is -0.462 e. The molecule has 0 saturated carbocycles. The lowest BCUT2D eigenvalue weighted by molar-refractivity contribution is -0.113. The van der Waals surface area contributed by atoms with E-state index in [1.54, 1.807) is 19.3 Å². The maximum atomic E-state index is 12.6. The molecule has 0 unspecified atom stereocenters. The molecular formula is C20H22N4O4S2. The maximum Gasteiger partial charge on any atom is 0.341 e. The summed E-state index contributed by atoms with van der Waals surface area (Å²) < 4.78 is 12.5. The number of hydrogen-bond acceptors (Lipinski definition) is 8. The third kappa shape index (κ3) is 4.01. The highest BCUT2D eigenvalue weighted by molar-refractivity contribution is 7.99. The summed E-state index contributed by atoms with van der Waals surface area (Å²) in [5.74, 6) is 0.850. The van der Waals surface area contributed by atoms with E-state index in [4.69, 9.17) is 9.15 Å². The number of esters is 1. The first-order chi connectivity index (χ1) is 14.6.